The molecule has 1 aromatic rings. The highest BCUT2D eigenvalue weighted by Gasteiger charge is 2.17. The zero-order chi connectivity index (χ0) is 14.5. The van der Waals surface area contributed by atoms with Gasteiger partial charge in [-0.2, -0.15) is 0 Å². The third kappa shape index (κ3) is 4.58. The summed E-state index contributed by atoms with van der Waals surface area (Å²) in [5.74, 6) is 0.0375. The standard InChI is InChI=1S/C13H22N2O3S/c1-11(10-16)15(2)7-8-19(17,18)13-5-3-12(9-14)4-6-13/h3-6,11,16H,7-10,14H2,1-2H3. The fourth-order valence-electron chi connectivity index (χ4n) is 1.57. The second-order valence-electron chi connectivity index (χ2n) is 4.68. The van der Waals surface area contributed by atoms with Crippen LogP contribution >= 0.6 is 0 Å². The second-order valence-corrected chi connectivity index (χ2v) is 6.79. The number of benzene rings is 1. The van der Waals surface area contributed by atoms with Gasteiger partial charge in [0.2, 0.25) is 0 Å². The Labute approximate surface area is 115 Å². The summed E-state index contributed by atoms with van der Waals surface area (Å²) in [5, 5.41) is 9.01. The van der Waals surface area contributed by atoms with E-state index >= 15 is 0 Å². The molecule has 0 radical (unpaired) electrons. The Morgan fingerprint density at radius 3 is 2.37 bits per heavy atom. The van der Waals surface area contributed by atoms with E-state index in [1.165, 1.54) is 0 Å². The van der Waals surface area contributed by atoms with E-state index in [9.17, 15) is 8.42 Å². The molecule has 19 heavy (non-hydrogen) atoms. The number of aliphatic hydroxyl groups excluding tert-OH is 1. The van der Waals surface area contributed by atoms with Gasteiger partial charge in [-0.05, 0) is 31.7 Å². The van der Waals surface area contributed by atoms with Crippen LogP contribution in [-0.4, -0.2) is 50.4 Å². The SMILES string of the molecule is CC(CO)N(C)CCS(=O)(=O)c1ccc(CN)cc1. The average Bonchev–Trinajstić information content (AvgIpc) is 2.44. The number of aliphatic hydroxyl groups is 1. The minimum atomic E-state index is -3.29. The molecule has 0 aromatic heterocycles. The number of sulfone groups is 1. The Morgan fingerprint density at radius 2 is 1.89 bits per heavy atom. The van der Waals surface area contributed by atoms with Gasteiger partial charge in [0.25, 0.3) is 0 Å². The molecule has 0 saturated carbocycles. The van der Waals surface area contributed by atoms with Gasteiger partial charge in [0.15, 0.2) is 9.84 Å². The molecular weight excluding hydrogens is 264 g/mol. The predicted molar refractivity (Wildman–Crippen MR) is 75.6 cm³/mol. The lowest BCUT2D eigenvalue weighted by molar-refractivity contribution is 0.165. The summed E-state index contributed by atoms with van der Waals surface area (Å²) in [6.45, 7) is 2.66. The molecule has 1 rings (SSSR count). The topological polar surface area (TPSA) is 83.6 Å². The first-order valence-electron chi connectivity index (χ1n) is 6.23. The first-order valence-corrected chi connectivity index (χ1v) is 7.89. The molecule has 0 aliphatic heterocycles. The van der Waals surface area contributed by atoms with Crippen LogP contribution in [0, 0.1) is 0 Å². The van der Waals surface area contributed by atoms with Crippen molar-refractivity contribution in [1.82, 2.24) is 4.90 Å². The zero-order valence-corrected chi connectivity index (χ0v) is 12.2. The van der Waals surface area contributed by atoms with Crippen molar-refractivity contribution in [2.24, 2.45) is 5.73 Å². The van der Waals surface area contributed by atoms with Crippen LogP contribution in [0.15, 0.2) is 29.2 Å². The molecule has 6 heteroatoms. The zero-order valence-electron chi connectivity index (χ0n) is 11.4. The maximum atomic E-state index is 12.1. The largest absolute Gasteiger partial charge is 0.395 e. The molecule has 1 unspecified atom stereocenters. The van der Waals surface area contributed by atoms with Gasteiger partial charge in [-0.3, -0.25) is 0 Å². The van der Waals surface area contributed by atoms with Crippen LogP contribution in [0.4, 0.5) is 0 Å². The van der Waals surface area contributed by atoms with Crippen molar-refractivity contribution < 1.29 is 13.5 Å². The van der Waals surface area contributed by atoms with Crippen molar-refractivity contribution in [3.63, 3.8) is 0 Å². The molecule has 108 valence electrons. The number of hydrogen-bond acceptors (Lipinski definition) is 5. The first kappa shape index (κ1) is 16.1. The van der Waals surface area contributed by atoms with Crippen LogP contribution in [0.5, 0.6) is 0 Å². The van der Waals surface area contributed by atoms with E-state index in [2.05, 4.69) is 0 Å². The summed E-state index contributed by atoms with van der Waals surface area (Å²) in [7, 11) is -1.49. The van der Waals surface area contributed by atoms with Crippen molar-refractivity contribution in [1.29, 1.82) is 0 Å². The predicted octanol–water partition coefficient (Wildman–Crippen LogP) is 0.232. The third-order valence-electron chi connectivity index (χ3n) is 3.25. The molecule has 5 nitrogen and oxygen atoms in total. The smallest absolute Gasteiger partial charge is 0.179 e. The third-order valence-corrected chi connectivity index (χ3v) is 4.96. The highest BCUT2D eigenvalue weighted by Crippen LogP contribution is 2.12. The number of nitrogens with two attached hydrogens (primary N) is 1. The highest BCUT2D eigenvalue weighted by molar-refractivity contribution is 7.91. The molecular formula is C13H22N2O3S. The summed E-state index contributed by atoms with van der Waals surface area (Å²) >= 11 is 0. The van der Waals surface area contributed by atoms with Gasteiger partial charge in [-0.1, -0.05) is 12.1 Å². The minimum absolute atomic E-state index is 0.0156. The van der Waals surface area contributed by atoms with Crippen LogP contribution in [-0.2, 0) is 16.4 Å². The summed E-state index contributed by atoms with van der Waals surface area (Å²) in [6, 6.07) is 6.59. The quantitative estimate of drug-likeness (QED) is 0.750. The van der Waals surface area contributed by atoms with Crippen LogP contribution < -0.4 is 5.73 Å². The fraction of sp³-hybridized carbons (Fsp3) is 0.538. The van der Waals surface area contributed by atoms with E-state index < -0.39 is 9.84 Å². The Balaban J connectivity index is 2.70. The van der Waals surface area contributed by atoms with Crippen molar-refractivity contribution in [3.05, 3.63) is 29.8 Å². The highest BCUT2D eigenvalue weighted by atomic mass is 32.2. The van der Waals surface area contributed by atoms with Gasteiger partial charge >= 0.3 is 0 Å². The Bertz CT molecular complexity index is 485. The van der Waals surface area contributed by atoms with Gasteiger partial charge in [-0.25, -0.2) is 8.42 Å². The number of likely N-dealkylation sites (N-methyl/N-ethyl adjacent to an activating group) is 1. The van der Waals surface area contributed by atoms with Gasteiger partial charge < -0.3 is 15.7 Å². The number of nitrogens with zero attached hydrogens (tertiary/aromatic N) is 1. The molecule has 3 N–H and O–H groups in total. The van der Waals surface area contributed by atoms with E-state index in [0.717, 1.165) is 5.56 Å². The van der Waals surface area contributed by atoms with Crippen molar-refractivity contribution in [2.75, 3.05) is 26.0 Å². The molecule has 0 bridgehead atoms. The normalized spacial score (nSPS) is 13.7. The van der Waals surface area contributed by atoms with E-state index in [-0.39, 0.29) is 18.4 Å². The molecule has 0 aliphatic carbocycles. The molecule has 0 spiro atoms. The maximum absolute atomic E-state index is 12.1. The van der Waals surface area contributed by atoms with E-state index in [1.807, 2.05) is 11.8 Å². The van der Waals surface area contributed by atoms with E-state index in [0.29, 0.717) is 18.0 Å². The van der Waals surface area contributed by atoms with Crippen molar-refractivity contribution in [3.8, 4) is 0 Å². The lowest BCUT2D eigenvalue weighted by Gasteiger charge is -2.22. The maximum Gasteiger partial charge on any atom is 0.179 e. The van der Waals surface area contributed by atoms with Gasteiger partial charge in [-0.15, -0.1) is 0 Å². The first-order chi connectivity index (χ1) is 8.90. The van der Waals surface area contributed by atoms with E-state index in [4.69, 9.17) is 10.8 Å². The number of rotatable bonds is 7. The lowest BCUT2D eigenvalue weighted by Crippen LogP contribution is -2.35. The van der Waals surface area contributed by atoms with E-state index in [1.54, 1.807) is 31.3 Å². The minimum Gasteiger partial charge on any atom is -0.395 e. The Kier molecular flexibility index (Phi) is 5.93. The molecule has 0 fully saturated rings. The van der Waals surface area contributed by atoms with Crippen molar-refractivity contribution in [2.45, 2.75) is 24.4 Å². The summed E-state index contributed by atoms with van der Waals surface area (Å²) in [5.41, 5.74) is 6.38. The average molecular weight is 286 g/mol. The summed E-state index contributed by atoms with van der Waals surface area (Å²) in [6.07, 6.45) is 0. The molecule has 0 heterocycles. The summed E-state index contributed by atoms with van der Waals surface area (Å²) in [4.78, 5) is 2.14. The van der Waals surface area contributed by atoms with Gasteiger partial charge in [0, 0.05) is 19.1 Å². The fourth-order valence-corrected chi connectivity index (χ4v) is 2.89. The van der Waals surface area contributed by atoms with Gasteiger partial charge in [0.05, 0.1) is 17.3 Å². The lowest BCUT2D eigenvalue weighted by atomic mass is 10.2. The van der Waals surface area contributed by atoms with Crippen LogP contribution in [0.25, 0.3) is 0 Å². The monoisotopic (exact) mass is 286 g/mol. The summed E-state index contributed by atoms with van der Waals surface area (Å²) < 4.78 is 24.3. The molecule has 1 aromatic carbocycles. The molecule has 0 aliphatic rings. The molecule has 0 amide bonds. The van der Waals surface area contributed by atoms with Crippen LogP contribution in [0.2, 0.25) is 0 Å². The Morgan fingerprint density at radius 1 is 1.32 bits per heavy atom. The molecule has 1 atom stereocenters. The van der Waals surface area contributed by atoms with Gasteiger partial charge in [0.1, 0.15) is 0 Å². The van der Waals surface area contributed by atoms with Crippen molar-refractivity contribution >= 4 is 9.84 Å². The second kappa shape index (κ2) is 7.00. The van der Waals surface area contributed by atoms with Crippen LogP contribution in [0.1, 0.15) is 12.5 Å². The Hall–Kier alpha value is -0.950. The number of hydrogen-bond donors (Lipinski definition) is 2. The van der Waals surface area contributed by atoms with Crippen LogP contribution in [0.3, 0.4) is 0 Å². The molecule has 0 saturated heterocycles.